The van der Waals surface area contributed by atoms with E-state index in [1.807, 2.05) is 0 Å². The molecule has 6 nitrogen and oxygen atoms in total. The molecule has 0 fully saturated rings. The second kappa shape index (κ2) is 46.9. The van der Waals surface area contributed by atoms with Gasteiger partial charge in [0.15, 0.2) is 6.10 Å². The quantitative estimate of drug-likeness (QED) is 0.0345. The van der Waals surface area contributed by atoms with Crippen molar-refractivity contribution in [3.8, 4) is 0 Å². The molecule has 0 saturated carbocycles. The second-order valence-corrected chi connectivity index (χ2v) is 19.2. The molecule has 0 aromatic carbocycles. The van der Waals surface area contributed by atoms with Crippen LogP contribution in [0.1, 0.15) is 298 Å². The van der Waals surface area contributed by atoms with Crippen LogP contribution >= 0.6 is 0 Å². The van der Waals surface area contributed by atoms with Gasteiger partial charge in [0.05, 0.1) is 0 Å². The predicted molar refractivity (Wildman–Crippen MR) is 256 cm³/mol. The summed E-state index contributed by atoms with van der Waals surface area (Å²) in [5.41, 5.74) is 0. The van der Waals surface area contributed by atoms with Crippen molar-refractivity contribution in [1.82, 2.24) is 0 Å². The van der Waals surface area contributed by atoms with Crippen molar-refractivity contribution in [2.24, 2.45) is 11.8 Å². The van der Waals surface area contributed by atoms with E-state index in [0.717, 1.165) is 69.6 Å². The Hall–Kier alpha value is -1.59. The fourth-order valence-electron chi connectivity index (χ4n) is 8.13. The van der Waals surface area contributed by atoms with Crippen LogP contribution in [0.5, 0.6) is 0 Å². The van der Waals surface area contributed by atoms with Gasteiger partial charge in [-0.2, -0.15) is 0 Å². The van der Waals surface area contributed by atoms with Gasteiger partial charge in [0, 0.05) is 19.3 Å². The topological polar surface area (TPSA) is 78.9 Å². The van der Waals surface area contributed by atoms with Crippen LogP contribution in [0.4, 0.5) is 0 Å². The highest BCUT2D eigenvalue weighted by molar-refractivity contribution is 5.71. The molecule has 0 aliphatic carbocycles. The van der Waals surface area contributed by atoms with E-state index in [2.05, 4.69) is 34.6 Å². The molecule has 60 heavy (non-hydrogen) atoms. The molecule has 0 bridgehead atoms. The van der Waals surface area contributed by atoms with E-state index in [-0.39, 0.29) is 31.1 Å². The smallest absolute Gasteiger partial charge is 0.306 e. The zero-order chi connectivity index (χ0) is 44.0. The third-order valence-corrected chi connectivity index (χ3v) is 12.6. The maximum Gasteiger partial charge on any atom is 0.306 e. The lowest BCUT2D eigenvalue weighted by atomic mass is 9.99. The Morgan fingerprint density at radius 1 is 0.350 bits per heavy atom. The Morgan fingerprint density at radius 3 is 0.950 bits per heavy atom. The van der Waals surface area contributed by atoms with Crippen molar-refractivity contribution in [2.75, 3.05) is 13.2 Å². The summed E-state index contributed by atoms with van der Waals surface area (Å²) in [5.74, 6) is 0.820. The maximum atomic E-state index is 12.8. The third kappa shape index (κ3) is 45.9. The molecule has 0 rings (SSSR count). The van der Waals surface area contributed by atoms with Crippen LogP contribution in [-0.4, -0.2) is 37.2 Å². The molecule has 2 atom stereocenters. The van der Waals surface area contributed by atoms with Gasteiger partial charge in [0.1, 0.15) is 13.2 Å². The van der Waals surface area contributed by atoms with Crippen LogP contribution in [0.25, 0.3) is 0 Å². The summed E-state index contributed by atoms with van der Waals surface area (Å²) in [6.07, 6.45) is 48.2. The molecule has 0 aromatic heterocycles. The highest BCUT2D eigenvalue weighted by atomic mass is 16.6. The van der Waals surface area contributed by atoms with Crippen molar-refractivity contribution in [3.05, 3.63) is 0 Å². The highest BCUT2D eigenvalue weighted by Crippen LogP contribution is 2.18. The van der Waals surface area contributed by atoms with Crippen LogP contribution in [0, 0.1) is 11.8 Å². The summed E-state index contributed by atoms with van der Waals surface area (Å²) >= 11 is 0. The zero-order valence-electron chi connectivity index (χ0n) is 41.1. The van der Waals surface area contributed by atoms with E-state index >= 15 is 0 Å². The molecule has 0 N–H and O–H groups in total. The highest BCUT2D eigenvalue weighted by Gasteiger charge is 2.19. The fourth-order valence-corrected chi connectivity index (χ4v) is 8.13. The number of unbranched alkanes of at least 4 members (excludes halogenated alkanes) is 32. The Labute approximate surface area is 374 Å². The standard InChI is InChI=1S/C54H104O6/c1-6-8-9-10-11-12-21-25-28-34-39-44-52(55)58-47-51(48-59-53(56)45-40-35-31-30-32-37-42-49(3)4)60-54(57)46-41-36-29-26-23-20-18-16-14-13-15-17-19-22-24-27-33-38-43-50(5)7-2/h49-51H,6-48H2,1-5H3/t50?,51-/m0/s1. The molecular formula is C54H104O6. The Balaban J connectivity index is 4.17. The van der Waals surface area contributed by atoms with Gasteiger partial charge in [0.2, 0.25) is 0 Å². The van der Waals surface area contributed by atoms with Crippen molar-refractivity contribution < 1.29 is 28.6 Å². The SMILES string of the molecule is CCCCCCCCCCCCCC(=O)OC[C@@H](COC(=O)CCCCCCCCC(C)C)OC(=O)CCCCCCCCCCCCCCCCCCCCC(C)CC. The average molecular weight is 849 g/mol. The van der Waals surface area contributed by atoms with Crippen LogP contribution in [0.3, 0.4) is 0 Å². The van der Waals surface area contributed by atoms with E-state index in [0.29, 0.717) is 19.3 Å². The van der Waals surface area contributed by atoms with E-state index in [4.69, 9.17) is 14.2 Å². The molecular weight excluding hydrogens is 745 g/mol. The minimum atomic E-state index is -0.761. The molecule has 0 spiro atoms. The molecule has 0 saturated heterocycles. The average Bonchev–Trinajstić information content (AvgIpc) is 3.23. The lowest BCUT2D eigenvalue weighted by Crippen LogP contribution is -2.30. The first-order valence-corrected chi connectivity index (χ1v) is 26.8. The van der Waals surface area contributed by atoms with Gasteiger partial charge in [-0.15, -0.1) is 0 Å². The van der Waals surface area contributed by atoms with Crippen LogP contribution < -0.4 is 0 Å². The van der Waals surface area contributed by atoms with Crippen LogP contribution in [-0.2, 0) is 28.6 Å². The summed E-state index contributed by atoms with van der Waals surface area (Å²) in [4.78, 5) is 37.9. The van der Waals surface area contributed by atoms with Crippen molar-refractivity contribution in [2.45, 2.75) is 304 Å². The predicted octanol–water partition coefficient (Wildman–Crippen LogP) is 17.3. The molecule has 6 heteroatoms. The minimum Gasteiger partial charge on any atom is -0.462 e. The summed E-state index contributed by atoms with van der Waals surface area (Å²) < 4.78 is 16.8. The number of esters is 3. The Kier molecular flexibility index (Phi) is 45.7. The van der Waals surface area contributed by atoms with E-state index in [9.17, 15) is 14.4 Å². The Bertz CT molecular complexity index is 918. The van der Waals surface area contributed by atoms with Gasteiger partial charge >= 0.3 is 17.9 Å². The van der Waals surface area contributed by atoms with E-state index < -0.39 is 6.10 Å². The van der Waals surface area contributed by atoms with Gasteiger partial charge in [-0.3, -0.25) is 14.4 Å². The summed E-state index contributed by atoms with van der Waals surface area (Å²) in [6, 6.07) is 0. The van der Waals surface area contributed by atoms with Gasteiger partial charge in [-0.1, -0.05) is 259 Å². The molecule has 356 valence electrons. The van der Waals surface area contributed by atoms with Gasteiger partial charge in [-0.05, 0) is 31.1 Å². The van der Waals surface area contributed by atoms with Gasteiger partial charge < -0.3 is 14.2 Å². The minimum absolute atomic E-state index is 0.0644. The fraction of sp³-hybridized carbons (Fsp3) is 0.944. The number of hydrogen-bond donors (Lipinski definition) is 0. The van der Waals surface area contributed by atoms with E-state index in [1.165, 1.54) is 186 Å². The number of carbonyl (C=O) groups is 3. The molecule has 0 aromatic rings. The first kappa shape index (κ1) is 58.4. The lowest BCUT2D eigenvalue weighted by molar-refractivity contribution is -0.167. The molecule has 0 aliphatic heterocycles. The number of carbonyl (C=O) groups excluding carboxylic acids is 3. The maximum absolute atomic E-state index is 12.8. The number of hydrogen-bond acceptors (Lipinski definition) is 6. The van der Waals surface area contributed by atoms with Crippen molar-refractivity contribution >= 4 is 17.9 Å². The van der Waals surface area contributed by atoms with Crippen LogP contribution in [0.15, 0.2) is 0 Å². The largest absolute Gasteiger partial charge is 0.462 e. The molecule has 0 heterocycles. The summed E-state index contributed by atoms with van der Waals surface area (Å²) in [5, 5.41) is 0. The second-order valence-electron chi connectivity index (χ2n) is 19.2. The third-order valence-electron chi connectivity index (χ3n) is 12.6. The molecule has 1 unspecified atom stereocenters. The molecule has 0 radical (unpaired) electrons. The Morgan fingerprint density at radius 2 is 0.633 bits per heavy atom. The summed E-state index contributed by atoms with van der Waals surface area (Å²) in [6.45, 7) is 11.4. The zero-order valence-corrected chi connectivity index (χ0v) is 41.1. The van der Waals surface area contributed by atoms with Crippen LogP contribution in [0.2, 0.25) is 0 Å². The summed E-state index contributed by atoms with van der Waals surface area (Å²) in [7, 11) is 0. The number of rotatable bonds is 48. The number of ether oxygens (including phenoxy) is 3. The van der Waals surface area contributed by atoms with Crippen molar-refractivity contribution in [1.29, 1.82) is 0 Å². The lowest BCUT2D eigenvalue weighted by Gasteiger charge is -2.18. The normalized spacial score (nSPS) is 12.5. The molecule has 0 amide bonds. The molecule has 0 aliphatic rings. The first-order chi connectivity index (χ1) is 29.3. The first-order valence-electron chi connectivity index (χ1n) is 26.8. The van der Waals surface area contributed by atoms with E-state index in [1.54, 1.807) is 0 Å². The monoisotopic (exact) mass is 849 g/mol. The van der Waals surface area contributed by atoms with Crippen molar-refractivity contribution in [3.63, 3.8) is 0 Å². The van der Waals surface area contributed by atoms with Gasteiger partial charge in [0.25, 0.3) is 0 Å². The van der Waals surface area contributed by atoms with Gasteiger partial charge in [-0.25, -0.2) is 0 Å².